The monoisotopic (exact) mass is 382 g/mol. The SMILES string of the molecule is CC1CN(c2nnc(C3CCc4ccccc43)n2CC2CCCCO2)CCO1. The molecule has 0 bridgehead atoms. The van der Waals surface area contributed by atoms with Gasteiger partial charge in [0.15, 0.2) is 0 Å². The lowest BCUT2D eigenvalue weighted by atomic mass is 10.0. The van der Waals surface area contributed by atoms with Gasteiger partial charge in [0.1, 0.15) is 5.82 Å². The minimum absolute atomic E-state index is 0.223. The van der Waals surface area contributed by atoms with Gasteiger partial charge in [-0.3, -0.25) is 4.57 Å². The van der Waals surface area contributed by atoms with Crippen molar-refractivity contribution in [2.45, 2.75) is 63.7 Å². The van der Waals surface area contributed by atoms with Gasteiger partial charge >= 0.3 is 0 Å². The van der Waals surface area contributed by atoms with Crippen LogP contribution in [-0.4, -0.2) is 53.3 Å². The minimum atomic E-state index is 0.223. The summed E-state index contributed by atoms with van der Waals surface area (Å²) >= 11 is 0. The Morgan fingerprint density at radius 3 is 2.86 bits per heavy atom. The lowest BCUT2D eigenvalue weighted by Gasteiger charge is -2.33. The van der Waals surface area contributed by atoms with Gasteiger partial charge in [0.2, 0.25) is 5.95 Å². The lowest BCUT2D eigenvalue weighted by Crippen LogP contribution is -2.43. The average Bonchev–Trinajstić information content (AvgIpc) is 3.33. The Morgan fingerprint density at radius 2 is 2.00 bits per heavy atom. The summed E-state index contributed by atoms with van der Waals surface area (Å²) in [6, 6.07) is 8.81. The van der Waals surface area contributed by atoms with Crippen molar-refractivity contribution in [3.63, 3.8) is 0 Å². The van der Waals surface area contributed by atoms with Crippen molar-refractivity contribution >= 4 is 5.95 Å². The van der Waals surface area contributed by atoms with Crippen molar-refractivity contribution in [3.05, 3.63) is 41.2 Å². The Kier molecular flexibility index (Phi) is 5.07. The zero-order valence-electron chi connectivity index (χ0n) is 16.7. The number of benzene rings is 1. The molecular formula is C22H30N4O2. The second kappa shape index (κ2) is 7.84. The number of fused-ring (bicyclic) bond motifs is 1. The molecule has 0 N–H and O–H groups in total. The van der Waals surface area contributed by atoms with Crippen molar-refractivity contribution in [2.24, 2.45) is 0 Å². The van der Waals surface area contributed by atoms with Crippen LogP contribution in [-0.2, 0) is 22.4 Å². The molecule has 0 spiro atoms. The van der Waals surface area contributed by atoms with Crippen molar-refractivity contribution in [1.82, 2.24) is 14.8 Å². The molecule has 3 heterocycles. The van der Waals surface area contributed by atoms with Gasteiger partial charge < -0.3 is 14.4 Å². The summed E-state index contributed by atoms with van der Waals surface area (Å²) in [5.74, 6) is 2.43. The number of anilines is 1. The molecule has 1 aromatic heterocycles. The minimum Gasteiger partial charge on any atom is -0.376 e. The molecule has 2 saturated heterocycles. The maximum absolute atomic E-state index is 6.08. The molecule has 0 amide bonds. The fraction of sp³-hybridized carbons (Fsp3) is 0.636. The lowest BCUT2D eigenvalue weighted by molar-refractivity contribution is 0.00529. The first-order valence-corrected chi connectivity index (χ1v) is 10.8. The van der Waals surface area contributed by atoms with Gasteiger partial charge in [-0.2, -0.15) is 0 Å². The van der Waals surface area contributed by atoms with E-state index in [-0.39, 0.29) is 12.2 Å². The number of aryl methyl sites for hydroxylation is 1. The number of hydrogen-bond donors (Lipinski definition) is 0. The third-order valence-corrected chi connectivity index (χ3v) is 6.39. The molecule has 28 heavy (non-hydrogen) atoms. The van der Waals surface area contributed by atoms with Gasteiger partial charge in [-0.05, 0) is 50.2 Å². The molecule has 150 valence electrons. The predicted molar refractivity (Wildman–Crippen MR) is 108 cm³/mol. The summed E-state index contributed by atoms with van der Waals surface area (Å²) in [5, 5.41) is 9.42. The summed E-state index contributed by atoms with van der Waals surface area (Å²) in [6.45, 7) is 6.33. The van der Waals surface area contributed by atoms with Gasteiger partial charge in [0.25, 0.3) is 0 Å². The summed E-state index contributed by atoms with van der Waals surface area (Å²) in [5.41, 5.74) is 2.88. The fourth-order valence-corrected chi connectivity index (χ4v) is 4.95. The highest BCUT2D eigenvalue weighted by atomic mass is 16.5. The number of hydrogen-bond acceptors (Lipinski definition) is 5. The summed E-state index contributed by atoms with van der Waals surface area (Å²) in [7, 11) is 0. The van der Waals surface area contributed by atoms with Crippen LogP contribution in [0.2, 0.25) is 0 Å². The Bertz CT molecular complexity index is 815. The largest absolute Gasteiger partial charge is 0.376 e. The molecule has 1 aromatic carbocycles. The van der Waals surface area contributed by atoms with Crippen molar-refractivity contribution in [1.29, 1.82) is 0 Å². The van der Waals surface area contributed by atoms with Gasteiger partial charge in [-0.25, -0.2) is 0 Å². The predicted octanol–water partition coefficient (Wildman–Crippen LogP) is 3.15. The van der Waals surface area contributed by atoms with Gasteiger partial charge in [-0.1, -0.05) is 24.3 Å². The van der Waals surface area contributed by atoms with Crippen LogP contribution < -0.4 is 4.90 Å². The number of morpholine rings is 1. The van der Waals surface area contributed by atoms with Gasteiger partial charge in [0.05, 0.1) is 25.4 Å². The van der Waals surface area contributed by atoms with E-state index in [4.69, 9.17) is 14.6 Å². The second-order valence-electron chi connectivity index (χ2n) is 8.37. The first-order chi connectivity index (χ1) is 13.8. The first-order valence-electron chi connectivity index (χ1n) is 10.8. The number of rotatable bonds is 4. The highest BCUT2D eigenvalue weighted by Gasteiger charge is 2.32. The summed E-state index contributed by atoms with van der Waals surface area (Å²) < 4.78 is 14.2. The Hall–Kier alpha value is -1.92. The molecule has 3 unspecified atom stereocenters. The highest BCUT2D eigenvalue weighted by molar-refractivity contribution is 5.41. The van der Waals surface area contributed by atoms with E-state index in [0.29, 0.717) is 5.92 Å². The van der Waals surface area contributed by atoms with Gasteiger partial charge in [0, 0.05) is 25.6 Å². The maximum atomic E-state index is 6.08. The van der Waals surface area contributed by atoms with Crippen LogP contribution in [0, 0.1) is 0 Å². The second-order valence-corrected chi connectivity index (χ2v) is 8.37. The quantitative estimate of drug-likeness (QED) is 0.813. The van der Waals surface area contributed by atoms with E-state index >= 15 is 0 Å². The van der Waals surface area contributed by atoms with E-state index in [1.165, 1.54) is 24.0 Å². The van der Waals surface area contributed by atoms with Crippen LogP contribution in [0.5, 0.6) is 0 Å². The van der Waals surface area contributed by atoms with E-state index in [1.807, 2.05) is 0 Å². The molecular weight excluding hydrogens is 352 g/mol. The zero-order chi connectivity index (χ0) is 18.9. The smallest absolute Gasteiger partial charge is 0.227 e. The molecule has 1 aliphatic carbocycles. The van der Waals surface area contributed by atoms with E-state index in [2.05, 4.69) is 45.8 Å². The third kappa shape index (κ3) is 3.44. The van der Waals surface area contributed by atoms with Crippen LogP contribution >= 0.6 is 0 Å². The van der Waals surface area contributed by atoms with Crippen LogP contribution in [0.1, 0.15) is 55.5 Å². The zero-order valence-corrected chi connectivity index (χ0v) is 16.7. The molecule has 0 saturated carbocycles. The first kappa shape index (κ1) is 18.1. The van der Waals surface area contributed by atoms with Crippen LogP contribution in [0.3, 0.4) is 0 Å². The topological polar surface area (TPSA) is 52.4 Å². The Labute approximate surface area is 166 Å². The van der Waals surface area contributed by atoms with E-state index in [9.17, 15) is 0 Å². The van der Waals surface area contributed by atoms with E-state index in [0.717, 1.165) is 63.9 Å². The van der Waals surface area contributed by atoms with Gasteiger partial charge in [-0.15, -0.1) is 10.2 Å². The van der Waals surface area contributed by atoms with Crippen molar-refractivity contribution in [3.8, 4) is 0 Å². The molecule has 6 nitrogen and oxygen atoms in total. The molecule has 3 atom stereocenters. The van der Waals surface area contributed by atoms with Crippen LogP contribution in [0.4, 0.5) is 5.95 Å². The van der Waals surface area contributed by atoms with E-state index < -0.39 is 0 Å². The summed E-state index contributed by atoms with van der Waals surface area (Å²) in [6.07, 6.45) is 6.27. The molecule has 6 heteroatoms. The number of ether oxygens (including phenoxy) is 2. The van der Waals surface area contributed by atoms with Crippen molar-refractivity contribution in [2.75, 3.05) is 31.2 Å². The Morgan fingerprint density at radius 1 is 1.07 bits per heavy atom. The molecule has 5 rings (SSSR count). The standard InChI is InChI=1S/C22H30N4O2/c1-16-14-25(11-13-27-16)22-24-23-21(26(22)15-18-7-4-5-12-28-18)20-10-9-17-6-2-3-8-19(17)20/h2-3,6,8,16,18,20H,4-5,7,9-15H2,1H3. The highest BCUT2D eigenvalue weighted by Crippen LogP contribution is 2.38. The molecule has 2 fully saturated rings. The maximum Gasteiger partial charge on any atom is 0.227 e. The molecule has 3 aliphatic rings. The average molecular weight is 383 g/mol. The van der Waals surface area contributed by atoms with Crippen LogP contribution in [0.25, 0.3) is 0 Å². The molecule has 2 aromatic rings. The molecule has 2 aliphatic heterocycles. The summed E-state index contributed by atoms with van der Waals surface area (Å²) in [4.78, 5) is 2.34. The Balaban J connectivity index is 1.49. The normalized spacial score (nSPS) is 27.8. The number of aromatic nitrogens is 3. The molecule has 0 radical (unpaired) electrons. The van der Waals surface area contributed by atoms with E-state index in [1.54, 1.807) is 0 Å². The van der Waals surface area contributed by atoms with Crippen molar-refractivity contribution < 1.29 is 9.47 Å². The fourth-order valence-electron chi connectivity index (χ4n) is 4.95. The number of nitrogens with zero attached hydrogens (tertiary/aromatic N) is 4. The van der Waals surface area contributed by atoms with Crippen LogP contribution in [0.15, 0.2) is 24.3 Å². The third-order valence-electron chi connectivity index (χ3n) is 6.39.